The third kappa shape index (κ3) is 4.96. The number of urea groups is 1. The lowest BCUT2D eigenvalue weighted by Crippen LogP contribution is -2.63. The Kier molecular flexibility index (Phi) is 6.96. The number of rotatable bonds is 9. The van der Waals surface area contributed by atoms with Crippen molar-refractivity contribution >= 4 is 17.8 Å². The number of carbonyl (C=O) groups is 3. The van der Waals surface area contributed by atoms with Crippen LogP contribution in [0.25, 0.3) is 0 Å². The zero-order valence-corrected chi connectivity index (χ0v) is 18.9. The van der Waals surface area contributed by atoms with Crippen molar-refractivity contribution in [2.75, 3.05) is 7.11 Å². The molecule has 4 amide bonds. The fourth-order valence-corrected chi connectivity index (χ4v) is 4.13. The monoisotopic (exact) mass is 458 g/mol. The highest BCUT2D eigenvalue weighted by Gasteiger charge is 2.53. The topological polar surface area (TPSA) is 101 Å². The maximum absolute atomic E-state index is 13.8. The highest BCUT2D eigenvalue weighted by atomic mass is 16.5. The minimum atomic E-state index is -1.41. The number of methoxy groups -OCH3 is 1. The van der Waals surface area contributed by atoms with E-state index in [2.05, 4.69) is 15.3 Å². The lowest BCUT2D eigenvalue weighted by atomic mass is 9.74. The summed E-state index contributed by atoms with van der Waals surface area (Å²) in [5, 5.41) is 2.43. The number of ether oxygens (including phenoxy) is 1. The lowest BCUT2D eigenvalue weighted by Gasteiger charge is -2.39. The normalized spacial score (nSPS) is 15.2. The van der Waals surface area contributed by atoms with Crippen LogP contribution in [-0.4, -0.2) is 39.8 Å². The van der Waals surface area contributed by atoms with Gasteiger partial charge in [-0.2, -0.15) is 0 Å². The highest BCUT2D eigenvalue weighted by molar-refractivity contribution is 6.19. The van der Waals surface area contributed by atoms with Crippen molar-refractivity contribution < 1.29 is 19.1 Å². The molecule has 1 saturated heterocycles. The van der Waals surface area contributed by atoms with E-state index in [0.29, 0.717) is 18.6 Å². The van der Waals surface area contributed by atoms with Crippen LogP contribution in [0.1, 0.15) is 29.8 Å². The molecule has 0 atom stereocenters. The maximum Gasteiger partial charge on any atom is 0.331 e. The van der Waals surface area contributed by atoms with Gasteiger partial charge in [0.25, 0.3) is 0 Å². The van der Waals surface area contributed by atoms with Gasteiger partial charge in [0.1, 0.15) is 11.2 Å². The molecule has 2 aromatic heterocycles. The van der Waals surface area contributed by atoms with Gasteiger partial charge in [0.15, 0.2) is 0 Å². The van der Waals surface area contributed by atoms with E-state index in [-0.39, 0.29) is 19.4 Å². The number of hydrogen-bond donors (Lipinski definition) is 1. The largest absolute Gasteiger partial charge is 0.497 e. The molecule has 1 aliphatic rings. The summed E-state index contributed by atoms with van der Waals surface area (Å²) in [5.41, 5.74) is 0.898. The molecular formula is C26H26N4O4. The Labute approximate surface area is 198 Å². The number of aryl methyl sites for hydroxylation is 2. The first-order valence-electron chi connectivity index (χ1n) is 11.1. The Morgan fingerprint density at radius 3 is 1.94 bits per heavy atom. The third-order valence-electron chi connectivity index (χ3n) is 6.12. The average molecular weight is 459 g/mol. The van der Waals surface area contributed by atoms with Crippen molar-refractivity contribution in [2.24, 2.45) is 5.41 Å². The smallest absolute Gasteiger partial charge is 0.331 e. The minimum Gasteiger partial charge on any atom is -0.497 e. The molecule has 3 heterocycles. The van der Waals surface area contributed by atoms with E-state index in [1.807, 2.05) is 36.4 Å². The zero-order chi connectivity index (χ0) is 24.0. The van der Waals surface area contributed by atoms with Crippen LogP contribution in [0.3, 0.4) is 0 Å². The summed E-state index contributed by atoms with van der Waals surface area (Å²) in [6, 6.07) is 17.5. The van der Waals surface area contributed by atoms with Crippen molar-refractivity contribution in [1.29, 1.82) is 0 Å². The summed E-state index contributed by atoms with van der Waals surface area (Å²) in [6.07, 6.45) is 4.66. The molecule has 34 heavy (non-hydrogen) atoms. The molecule has 174 valence electrons. The van der Waals surface area contributed by atoms with Crippen LogP contribution in [-0.2, 0) is 29.0 Å². The number of aromatic nitrogens is 2. The van der Waals surface area contributed by atoms with Crippen LogP contribution >= 0.6 is 0 Å². The number of pyridine rings is 2. The van der Waals surface area contributed by atoms with E-state index in [0.717, 1.165) is 21.9 Å². The van der Waals surface area contributed by atoms with Gasteiger partial charge in [-0.1, -0.05) is 24.3 Å². The molecule has 3 aromatic rings. The maximum atomic E-state index is 13.8. The van der Waals surface area contributed by atoms with E-state index in [1.165, 1.54) is 0 Å². The molecule has 0 radical (unpaired) electrons. The Bertz CT molecular complexity index is 1110. The Morgan fingerprint density at radius 2 is 1.44 bits per heavy atom. The first-order valence-corrected chi connectivity index (χ1v) is 11.1. The summed E-state index contributed by atoms with van der Waals surface area (Å²) in [5.74, 6) is -0.391. The Balaban J connectivity index is 1.62. The third-order valence-corrected chi connectivity index (χ3v) is 6.12. The molecule has 8 heteroatoms. The van der Waals surface area contributed by atoms with Crippen molar-refractivity contribution in [3.63, 3.8) is 0 Å². The Morgan fingerprint density at radius 1 is 0.853 bits per heavy atom. The first kappa shape index (κ1) is 23.1. The van der Waals surface area contributed by atoms with Crippen LogP contribution in [0.4, 0.5) is 4.79 Å². The van der Waals surface area contributed by atoms with Crippen molar-refractivity contribution in [1.82, 2.24) is 20.2 Å². The predicted octanol–water partition coefficient (Wildman–Crippen LogP) is 3.32. The fraction of sp³-hybridized carbons (Fsp3) is 0.269. The second-order valence-electron chi connectivity index (χ2n) is 8.22. The number of hydrogen-bond acceptors (Lipinski definition) is 6. The molecule has 4 rings (SSSR count). The summed E-state index contributed by atoms with van der Waals surface area (Å²) in [7, 11) is 1.57. The molecule has 0 bridgehead atoms. The summed E-state index contributed by atoms with van der Waals surface area (Å²) < 4.78 is 5.18. The van der Waals surface area contributed by atoms with Crippen molar-refractivity contribution in [2.45, 2.75) is 32.2 Å². The van der Waals surface area contributed by atoms with Gasteiger partial charge in [-0.25, -0.2) is 4.79 Å². The summed E-state index contributed by atoms with van der Waals surface area (Å²) in [6.45, 7) is 0.0524. The quantitative estimate of drug-likeness (QED) is 0.494. The van der Waals surface area contributed by atoms with E-state index in [1.54, 1.807) is 43.8 Å². The van der Waals surface area contributed by atoms with Gasteiger partial charge in [0, 0.05) is 23.8 Å². The SMILES string of the molecule is COc1ccc(CN2C(=O)NC(=O)C(CCc3ccccn3)(CCc3ccccn3)C2=O)cc1. The van der Waals surface area contributed by atoms with Gasteiger partial charge in [-0.15, -0.1) is 0 Å². The summed E-state index contributed by atoms with van der Waals surface area (Å²) >= 11 is 0. The molecule has 0 unspecified atom stereocenters. The van der Waals surface area contributed by atoms with Gasteiger partial charge >= 0.3 is 6.03 Å². The van der Waals surface area contributed by atoms with Gasteiger partial charge in [0.05, 0.1) is 13.7 Å². The Hall–Kier alpha value is -4.07. The number of nitrogens with one attached hydrogen (secondary N) is 1. The predicted molar refractivity (Wildman–Crippen MR) is 125 cm³/mol. The highest BCUT2D eigenvalue weighted by Crippen LogP contribution is 2.36. The van der Waals surface area contributed by atoms with Crippen LogP contribution in [0, 0.1) is 5.41 Å². The summed E-state index contributed by atoms with van der Waals surface area (Å²) in [4.78, 5) is 49.5. The molecule has 0 aliphatic carbocycles. The second kappa shape index (κ2) is 10.2. The van der Waals surface area contributed by atoms with Crippen molar-refractivity contribution in [3.8, 4) is 5.75 Å². The second-order valence-corrected chi connectivity index (χ2v) is 8.22. The molecule has 1 aromatic carbocycles. The van der Waals surface area contributed by atoms with Crippen molar-refractivity contribution in [3.05, 3.63) is 90.0 Å². The fourth-order valence-electron chi connectivity index (χ4n) is 4.13. The van der Waals surface area contributed by atoms with Gasteiger partial charge in [-0.3, -0.25) is 29.8 Å². The molecule has 8 nitrogen and oxygen atoms in total. The standard InChI is InChI=1S/C26H26N4O4/c1-34-22-10-8-19(9-11-22)18-30-24(32)26(23(31)29-25(30)33,14-12-20-6-2-4-16-27-20)15-13-21-7-3-5-17-28-21/h2-11,16-17H,12-15,18H2,1H3,(H,29,31,33). The number of benzene rings is 1. The molecule has 1 aliphatic heterocycles. The number of amides is 4. The van der Waals surface area contributed by atoms with E-state index >= 15 is 0 Å². The molecular weight excluding hydrogens is 432 g/mol. The van der Waals surface area contributed by atoms with Crippen LogP contribution in [0.5, 0.6) is 5.75 Å². The number of nitrogens with zero attached hydrogens (tertiary/aromatic N) is 3. The van der Waals surface area contributed by atoms with E-state index in [9.17, 15) is 14.4 Å². The number of barbiturate groups is 1. The molecule has 0 spiro atoms. The van der Waals surface area contributed by atoms with Gasteiger partial charge < -0.3 is 4.74 Å². The molecule has 1 fully saturated rings. The molecule has 1 N–H and O–H groups in total. The van der Waals surface area contributed by atoms with Crippen LogP contribution < -0.4 is 10.1 Å². The van der Waals surface area contributed by atoms with E-state index < -0.39 is 23.3 Å². The molecule has 0 saturated carbocycles. The van der Waals surface area contributed by atoms with Crippen LogP contribution in [0.15, 0.2) is 73.1 Å². The lowest BCUT2D eigenvalue weighted by molar-refractivity contribution is -0.153. The van der Waals surface area contributed by atoms with E-state index in [4.69, 9.17) is 4.74 Å². The zero-order valence-electron chi connectivity index (χ0n) is 18.9. The number of carbonyl (C=O) groups excluding carboxylic acids is 3. The van der Waals surface area contributed by atoms with Gasteiger partial charge in [-0.05, 0) is 67.6 Å². The minimum absolute atomic E-state index is 0.0524. The van der Waals surface area contributed by atoms with Gasteiger partial charge in [0.2, 0.25) is 11.8 Å². The first-order chi connectivity index (χ1) is 16.5. The number of imide groups is 2. The average Bonchev–Trinajstić information content (AvgIpc) is 2.88. The van der Waals surface area contributed by atoms with Crippen LogP contribution in [0.2, 0.25) is 0 Å².